The van der Waals surface area contributed by atoms with E-state index >= 15 is 0 Å². The number of carbonyl (C=O) groups excluding carboxylic acids is 2. The molecule has 1 aliphatic rings. The van der Waals surface area contributed by atoms with E-state index in [9.17, 15) is 9.59 Å². The molecule has 0 aliphatic carbocycles. The minimum Gasteiger partial charge on any atom is -0.477 e. The lowest BCUT2D eigenvalue weighted by Crippen LogP contribution is -2.44. The van der Waals surface area contributed by atoms with Crippen molar-refractivity contribution in [2.24, 2.45) is 0 Å². The molecule has 0 saturated heterocycles. The van der Waals surface area contributed by atoms with E-state index < -0.39 is 6.10 Å². The number of pyridine rings is 1. The van der Waals surface area contributed by atoms with Crippen molar-refractivity contribution < 1.29 is 19.1 Å². The molecule has 0 spiro atoms. The van der Waals surface area contributed by atoms with Crippen molar-refractivity contribution in [2.45, 2.75) is 32.9 Å². The van der Waals surface area contributed by atoms with E-state index in [1.54, 1.807) is 37.3 Å². The number of anilines is 2. The highest BCUT2D eigenvalue weighted by Gasteiger charge is 2.33. The number of aromatic nitrogens is 1. The number of nitrogen functional groups attached to an aromatic ring is 1. The van der Waals surface area contributed by atoms with Crippen LogP contribution in [-0.2, 0) is 16.1 Å². The van der Waals surface area contributed by atoms with E-state index in [0.29, 0.717) is 29.6 Å². The number of ether oxygens (including phenoxy) is 2. The van der Waals surface area contributed by atoms with Gasteiger partial charge in [0.25, 0.3) is 5.91 Å². The number of benzene rings is 1. The van der Waals surface area contributed by atoms with Crippen LogP contribution in [0.5, 0.6) is 5.75 Å². The molecular weight excluding hydrogens is 334 g/mol. The molecule has 136 valence electrons. The molecule has 2 N–H and O–H groups in total. The van der Waals surface area contributed by atoms with Crippen molar-refractivity contribution in [1.29, 1.82) is 0 Å². The molecule has 0 fully saturated rings. The fraction of sp³-hybridized carbons (Fsp3) is 0.316. The first-order valence-electron chi connectivity index (χ1n) is 8.50. The zero-order valence-corrected chi connectivity index (χ0v) is 14.8. The number of esters is 1. The summed E-state index contributed by atoms with van der Waals surface area (Å²) in [5.74, 6) is 0.598. The molecule has 7 nitrogen and oxygen atoms in total. The molecule has 0 bridgehead atoms. The normalized spacial score (nSPS) is 16.0. The maximum Gasteiger partial charge on any atom is 0.338 e. The Balaban J connectivity index is 1.88. The Kier molecular flexibility index (Phi) is 5.06. The standard InChI is InChI=1S/C19H21N3O4/c1-3-9-25-19(24)14-6-4-5-13(10-14)11-22-17-15(7-8-16(20)21-17)26-12(2)18(22)23/h4-8,10,12H,3,9,11H2,1-2H3,(H2,20,21). The first-order valence-corrected chi connectivity index (χ1v) is 8.50. The molecule has 0 radical (unpaired) electrons. The van der Waals surface area contributed by atoms with Crippen LogP contribution in [0.3, 0.4) is 0 Å². The quantitative estimate of drug-likeness (QED) is 0.828. The topological polar surface area (TPSA) is 94.8 Å². The third kappa shape index (κ3) is 3.61. The second kappa shape index (κ2) is 7.43. The van der Waals surface area contributed by atoms with Crippen molar-refractivity contribution >= 4 is 23.5 Å². The smallest absolute Gasteiger partial charge is 0.338 e. The van der Waals surface area contributed by atoms with Gasteiger partial charge in [0.05, 0.1) is 18.7 Å². The number of fused-ring (bicyclic) bond motifs is 1. The average molecular weight is 355 g/mol. The number of rotatable bonds is 5. The summed E-state index contributed by atoms with van der Waals surface area (Å²) in [4.78, 5) is 30.4. The number of carbonyl (C=O) groups is 2. The largest absolute Gasteiger partial charge is 0.477 e. The van der Waals surface area contributed by atoms with Gasteiger partial charge >= 0.3 is 5.97 Å². The van der Waals surface area contributed by atoms with Crippen LogP contribution < -0.4 is 15.4 Å². The highest BCUT2D eigenvalue weighted by molar-refractivity contribution is 5.99. The molecule has 1 atom stereocenters. The molecule has 2 aromatic rings. The third-order valence-electron chi connectivity index (χ3n) is 3.97. The van der Waals surface area contributed by atoms with E-state index in [0.717, 1.165) is 12.0 Å². The molecule has 1 aliphatic heterocycles. The molecule has 1 aromatic heterocycles. The molecule has 2 heterocycles. The van der Waals surface area contributed by atoms with Gasteiger partial charge < -0.3 is 15.2 Å². The fourth-order valence-corrected chi connectivity index (χ4v) is 2.71. The Morgan fingerprint density at radius 3 is 2.92 bits per heavy atom. The zero-order valence-electron chi connectivity index (χ0n) is 14.8. The summed E-state index contributed by atoms with van der Waals surface area (Å²) >= 11 is 0. The predicted octanol–water partition coefficient (Wildman–Crippen LogP) is 2.54. The van der Waals surface area contributed by atoms with Gasteiger partial charge in [-0.05, 0) is 43.2 Å². The number of hydrogen-bond acceptors (Lipinski definition) is 6. The molecule has 1 amide bonds. The second-order valence-electron chi connectivity index (χ2n) is 6.08. The molecule has 3 rings (SSSR count). The molecular formula is C19H21N3O4. The number of hydrogen-bond donors (Lipinski definition) is 1. The van der Waals surface area contributed by atoms with E-state index in [-0.39, 0.29) is 18.4 Å². The van der Waals surface area contributed by atoms with Gasteiger partial charge in [0.1, 0.15) is 5.82 Å². The highest BCUT2D eigenvalue weighted by atomic mass is 16.5. The van der Waals surface area contributed by atoms with Crippen molar-refractivity contribution in [2.75, 3.05) is 17.2 Å². The summed E-state index contributed by atoms with van der Waals surface area (Å²) in [5.41, 5.74) is 7.00. The van der Waals surface area contributed by atoms with Gasteiger partial charge in [0, 0.05) is 0 Å². The monoisotopic (exact) mass is 355 g/mol. The van der Waals surface area contributed by atoms with Crippen molar-refractivity contribution in [1.82, 2.24) is 4.98 Å². The first-order chi connectivity index (χ1) is 12.5. The van der Waals surface area contributed by atoms with Crippen LogP contribution in [-0.4, -0.2) is 29.6 Å². The maximum absolute atomic E-state index is 12.6. The Bertz CT molecular complexity index is 837. The number of nitrogens with zero attached hydrogens (tertiary/aromatic N) is 2. The van der Waals surface area contributed by atoms with Crippen molar-refractivity contribution in [3.05, 3.63) is 47.5 Å². The first kappa shape index (κ1) is 17.7. The summed E-state index contributed by atoms with van der Waals surface area (Å²) in [5, 5.41) is 0. The maximum atomic E-state index is 12.6. The Hall–Kier alpha value is -3.09. The SMILES string of the molecule is CCCOC(=O)c1cccc(CN2C(=O)C(C)Oc3ccc(N)nc32)c1. The van der Waals surface area contributed by atoms with Crippen molar-refractivity contribution in [3.8, 4) is 5.75 Å². The minimum absolute atomic E-state index is 0.213. The molecule has 1 unspecified atom stereocenters. The Morgan fingerprint density at radius 2 is 2.15 bits per heavy atom. The van der Waals surface area contributed by atoms with Crippen LogP contribution in [0.25, 0.3) is 0 Å². The van der Waals surface area contributed by atoms with Crippen LogP contribution >= 0.6 is 0 Å². The molecule has 1 aromatic carbocycles. The molecule has 0 saturated carbocycles. The van der Waals surface area contributed by atoms with E-state index in [4.69, 9.17) is 15.2 Å². The van der Waals surface area contributed by atoms with Crippen LogP contribution in [0.2, 0.25) is 0 Å². The summed E-state index contributed by atoms with van der Waals surface area (Å²) in [6, 6.07) is 10.3. The predicted molar refractivity (Wildman–Crippen MR) is 96.9 cm³/mol. The van der Waals surface area contributed by atoms with Crippen LogP contribution in [0, 0.1) is 0 Å². The number of nitrogens with two attached hydrogens (primary N) is 1. The lowest BCUT2D eigenvalue weighted by atomic mass is 10.1. The van der Waals surface area contributed by atoms with Gasteiger partial charge in [-0.1, -0.05) is 19.1 Å². The van der Waals surface area contributed by atoms with Gasteiger partial charge in [-0.25, -0.2) is 9.78 Å². The highest BCUT2D eigenvalue weighted by Crippen LogP contribution is 2.34. The van der Waals surface area contributed by atoms with Crippen LogP contribution in [0.4, 0.5) is 11.6 Å². The zero-order chi connectivity index (χ0) is 18.7. The molecule has 26 heavy (non-hydrogen) atoms. The number of amides is 1. The lowest BCUT2D eigenvalue weighted by Gasteiger charge is -2.32. The van der Waals surface area contributed by atoms with E-state index in [1.807, 2.05) is 13.0 Å². The fourth-order valence-electron chi connectivity index (χ4n) is 2.71. The van der Waals surface area contributed by atoms with E-state index in [2.05, 4.69) is 4.98 Å². The van der Waals surface area contributed by atoms with Gasteiger partial charge in [0.2, 0.25) is 0 Å². The summed E-state index contributed by atoms with van der Waals surface area (Å²) in [6.07, 6.45) is 0.140. The molecule has 7 heteroatoms. The van der Waals surface area contributed by atoms with Gasteiger partial charge in [0.15, 0.2) is 17.7 Å². The van der Waals surface area contributed by atoms with Gasteiger partial charge in [-0.2, -0.15) is 0 Å². The summed E-state index contributed by atoms with van der Waals surface area (Å²) in [7, 11) is 0. The minimum atomic E-state index is -0.620. The van der Waals surface area contributed by atoms with Crippen molar-refractivity contribution in [3.63, 3.8) is 0 Å². The van der Waals surface area contributed by atoms with E-state index in [1.165, 1.54) is 4.90 Å². The Labute approximate surface area is 151 Å². The second-order valence-corrected chi connectivity index (χ2v) is 6.08. The summed E-state index contributed by atoms with van der Waals surface area (Å²) < 4.78 is 10.8. The average Bonchev–Trinajstić information content (AvgIpc) is 2.64. The summed E-state index contributed by atoms with van der Waals surface area (Å²) in [6.45, 7) is 4.25. The lowest BCUT2D eigenvalue weighted by molar-refractivity contribution is -0.125. The van der Waals surface area contributed by atoms with Crippen LogP contribution in [0.1, 0.15) is 36.2 Å². The van der Waals surface area contributed by atoms with Gasteiger partial charge in [-0.3, -0.25) is 9.69 Å². The van der Waals surface area contributed by atoms with Crippen LogP contribution in [0.15, 0.2) is 36.4 Å². The third-order valence-corrected chi connectivity index (χ3v) is 3.97. The Morgan fingerprint density at radius 1 is 1.35 bits per heavy atom. The van der Waals surface area contributed by atoms with Gasteiger partial charge in [-0.15, -0.1) is 0 Å².